The Kier molecular flexibility index (Phi) is 6.32. The summed E-state index contributed by atoms with van der Waals surface area (Å²) >= 11 is 0. The third kappa shape index (κ3) is 4.74. The van der Waals surface area contributed by atoms with E-state index in [0.29, 0.717) is 16.8 Å². The van der Waals surface area contributed by atoms with Crippen molar-refractivity contribution in [3.63, 3.8) is 0 Å². The molecular weight excluding hydrogens is 452 g/mol. The van der Waals surface area contributed by atoms with E-state index in [0.717, 1.165) is 16.7 Å². The molecule has 0 radical (unpaired) electrons. The number of aliphatic imine (C=N–C) groups is 1. The van der Waals surface area contributed by atoms with Crippen LogP contribution in [0.2, 0.25) is 0 Å². The molecule has 0 aliphatic rings. The van der Waals surface area contributed by atoms with Gasteiger partial charge in [0.1, 0.15) is 5.76 Å². The number of nitrogens with zero attached hydrogens (tertiary/aromatic N) is 2. The van der Waals surface area contributed by atoms with E-state index in [1.807, 2.05) is 91.0 Å². The van der Waals surface area contributed by atoms with Crippen LogP contribution in [0.1, 0.15) is 11.1 Å². The number of hydrogen-bond donors (Lipinski definition) is 0. The predicted octanol–water partition coefficient (Wildman–Crippen LogP) is 7.05. The van der Waals surface area contributed by atoms with Crippen LogP contribution in [0.15, 0.2) is 136 Å². The van der Waals surface area contributed by atoms with Gasteiger partial charge < -0.3 is 4.42 Å². The third-order valence-electron chi connectivity index (χ3n) is 5.67. The van der Waals surface area contributed by atoms with E-state index >= 15 is 0 Å². The molecule has 36 heavy (non-hydrogen) atoms. The highest BCUT2D eigenvalue weighted by atomic mass is 16.6. The second kappa shape index (κ2) is 10.0. The Hall–Kier alpha value is -5.10. The summed E-state index contributed by atoms with van der Waals surface area (Å²) in [4.78, 5) is 29.1. The van der Waals surface area contributed by atoms with Gasteiger partial charge in [-0.15, -0.1) is 0 Å². The van der Waals surface area contributed by atoms with Crippen LogP contribution >= 0.6 is 0 Å². The lowest BCUT2D eigenvalue weighted by Crippen LogP contribution is -2.07. The lowest BCUT2D eigenvalue weighted by Gasteiger charge is -2.11. The minimum atomic E-state index is -0.637. The second-order valence-corrected chi connectivity index (χ2v) is 8.03. The predicted molar refractivity (Wildman–Crippen MR) is 141 cm³/mol. The van der Waals surface area contributed by atoms with E-state index in [9.17, 15) is 14.9 Å². The highest BCUT2D eigenvalue weighted by molar-refractivity contribution is 6.14. The molecule has 0 saturated carbocycles. The molecule has 6 heteroatoms. The van der Waals surface area contributed by atoms with E-state index in [1.165, 1.54) is 12.1 Å². The summed E-state index contributed by atoms with van der Waals surface area (Å²) in [6, 6.07) is 36.4. The Bertz CT molecular complexity index is 1570. The van der Waals surface area contributed by atoms with Gasteiger partial charge in [0, 0.05) is 34.4 Å². The largest absolute Gasteiger partial charge is 0.421 e. The van der Waals surface area contributed by atoms with Crippen LogP contribution in [0.3, 0.4) is 0 Å². The van der Waals surface area contributed by atoms with Crippen molar-refractivity contribution in [2.24, 2.45) is 4.99 Å². The first-order valence-electron chi connectivity index (χ1n) is 11.3. The van der Waals surface area contributed by atoms with E-state index in [1.54, 1.807) is 18.2 Å². The van der Waals surface area contributed by atoms with E-state index in [2.05, 4.69) is 0 Å². The summed E-state index contributed by atoms with van der Waals surface area (Å²) in [6.07, 6.45) is 0. The van der Waals surface area contributed by atoms with Crippen LogP contribution in [0, 0.1) is 10.1 Å². The first-order valence-corrected chi connectivity index (χ1v) is 11.3. The Labute approximate surface area is 207 Å². The smallest absolute Gasteiger partial charge is 0.363 e. The molecule has 0 amide bonds. The number of benzene rings is 4. The molecule has 0 bridgehead atoms. The molecule has 0 N–H and O–H groups in total. The van der Waals surface area contributed by atoms with Gasteiger partial charge in [0.25, 0.3) is 5.69 Å². The van der Waals surface area contributed by atoms with E-state index in [-0.39, 0.29) is 17.1 Å². The maximum absolute atomic E-state index is 13.4. The molecule has 4 aromatic carbocycles. The van der Waals surface area contributed by atoms with Crippen molar-refractivity contribution >= 4 is 17.1 Å². The van der Waals surface area contributed by atoms with Crippen molar-refractivity contribution < 1.29 is 9.34 Å². The minimum Gasteiger partial charge on any atom is -0.421 e. The number of rotatable bonds is 6. The van der Waals surface area contributed by atoms with Crippen molar-refractivity contribution in [3.05, 3.63) is 153 Å². The molecule has 0 saturated heterocycles. The van der Waals surface area contributed by atoms with Crippen LogP contribution in [0.25, 0.3) is 22.5 Å². The Balaban J connectivity index is 1.76. The summed E-state index contributed by atoms with van der Waals surface area (Å²) in [7, 11) is 0. The average molecular weight is 473 g/mol. The SMILES string of the molecule is O=c1oc(-c2cccc([N+](=O)[O-])c2)cc(-c2ccccc2)c1N=C(c1ccccc1)c1ccccc1. The Morgan fingerprint density at radius 3 is 1.83 bits per heavy atom. The number of non-ortho nitro benzene ring substituents is 1. The molecule has 1 aromatic heterocycles. The van der Waals surface area contributed by atoms with Crippen LogP contribution in [0.4, 0.5) is 11.4 Å². The number of hydrogen-bond acceptors (Lipinski definition) is 5. The molecule has 174 valence electrons. The fraction of sp³-hybridized carbons (Fsp3) is 0. The molecule has 1 heterocycles. The molecule has 5 rings (SSSR count). The zero-order valence-electron chi connectivity index (χ0n) is 19.1. The zero-order chi connectivity index (χ0) is 24.9. The number of nitro groups is 1. The lowest BCUT2D eigenvalue weighted by molar-refractivity contribution is -0.384. The quantitative estimate of drug-likeness (QED) is 0.150. The summed E-state index contributed by atoms with van der Waals surface area (Å²) < 4.78 is 5.68. The first kappa shape index (κ1) is 22.7. The zero-order valence-corrected chi connectivity index (χ0v) is 19.1. The molecular formula is C30H20N2O4. The van der Waals surface area contributed by atoms with Crippen LogP contribution in [-0.2, 0) is 0 Å². The molecule has 5 aromatic rings. The Morgan fingerprint density at radius 1 is 0.694 bits per heavy atom. The molecule has 0 spiro atoms. The van der Waals surface area contributed by atoms with Crippen molar-refractivity contribution in [1.29, 1.82) is 0 Å². The topological polar surface area (TPSA) is 85.7 Å². The molecule has 0 aliphatic carbocycles. The standard InChI is InChI=1S/C30H20N2O4/c33-30-29(31-28(22-13-6-2-7-14-22)23-15-8-3-9-16-23)26(21-11-4-1-5-12-21)20-27(36-30)24-17-10-18-25(19-24)32(34)35/h1-20H. The van der Waals surface area contributed by atoms with Gasteiger partial charge in [0.15, 0.2) is 5.69 Å². The monoisotopic (exact) mass is 472 g/mol. The van der Waals surface area contributed by atoms with Gasteiger partial charge in [-0.25, -0.2) is 9.79 Å². The maximum atomic E-state index is 13.4. The van der Waals surface area contributed by atoms with Gasteiger partial charge in [0.05, 0.1) is 10.6 Å². The minimum absolute atomic E-state index is 0.0889. The maximum Gasteiger partial charge on any atom is 0.363 e. The molecule has 0 aliphatic heterocycles. The normalized spacial score (nSPS) is 10.6. The van der Waals surface area contributed by atoms with Crippen molar-refractivity contribution in [2.45, 2.75) is 0 Å². The summed E-state index contributed by atoms with van der Waals surface area (Å²) in [6.45, 7) is 0. The summed E-state index contributed by atoms with van der Waals surface area (Å²) in [5.74, 6) is 0.225. The highest BCUT2D eigenvalue weighted by Gasteiger charge is 2.18. The van der Waals surface area contributed by atoms with Crippen molar-refractivity contribution in [1.82, 2.24) is 0 Å². The lowest BCUT2D eigenvalue weighted by atomic mass is 10.0. The summed E-state index contributed by atoms with van der Waals surface area (Å²) in [5, 5.41) is 11.3. The highest BCUT2D eigenvalue weighted by Crippen LogP contribution is 2.33. The van der Waals surface area contributed by atoms with Gasteiger partial charge in [-0.2, -0.15) is 0 Å². The third-order valence-corrected chi connectivity index (χ3v) is 5.67. The molecule has 0 fully saturated rings. The van der Waals surface area contributed by atoms with Crippen molar-refractivity contribution in [2.75, 3.05) is 0 Å². The van der Waals surface area contributed by atoms with Gasteiger partial charge in [-0.3, -0.25) is 10.1 Å². The van der Waals surface area contributed by atoms with Crippen molar-refractivity contribution in [3.8, 4) is 22.5 Å². The van der Waals surface area contributed by atoms with E-state index in [4.69, 9.17) is 9.41 Å². The van der Waals surface area contributed by atoms with Gasteiger partial charge in [-0.1, -0.05) is 103 Å². The Morgan fingerprint density at radius 2 is 1.25 bits per heavy atom. The van der Waals surface area contributed by atoms with E-state index < -0.39 is 10.5 Å². The molecule has 0 unspecified atom stereocenters. The fourth-order valence-corrected chi connectivity index (χ4v) is 3.95. The molecule has 0 atom stereocenters. The van der Waals surface area contributed by atoms with Gasteiger partial charge in [0.2, 0.25) is 0 Å². The van der Waals surface area contributed by atoms with Crippen LogP contribution < -0.4 is 5.63 Å². The first-order chi connectivity index (χ1) is 17.6. The number of nitro benzene ring substituents is 1. The van der Waals surface area contributed by atoms with Gasteiger partial charge in [-0.05, 0) is 11.6 Å². The van der Waals surface area contributed by atoms with Crippen LogP contribution in [0.5, 0.6) is 0 Å². The fourth-order valence-electron chi connectivity index (χ4n) is 3.95. The average Bonchev–Trinajstić information content (AvgIpc) is 2.93. The van der Waals surface area contributed by atoms with Crippen LogP contribution in [-0.4, -0.2) is 10.6 Å². The van der Waals surface area contributed by atoms with Gasteiger partial charge >= 0.3 is 5.63 Å². The molecule has 6 nitrogen and oxygen atoms in total. The second-order valence-electron chi connectivity index (χ2n) is 8.03. The summed E-state index contributed by atoms with van der Waals surface area (Å²) in [5.41, 5.74) is 3.53.